The van der Waals surface area contributed by atoms with Crippen molar-refractivity contribution >= 4 is 27.7 Å². The van der Waals surface area contributed by atoms with Crippen LogP contribution in [0.15, 0.2) is 41.0 Å². The van der Waals surface area contributed by atoms with Gasteiger partial charge in [0.1, 0.15) is 18.2 Å². The molecule has 0 bridgehead atoms. The number of amides is 1. The number of halogens is 2. The monoisotopic (exact) mass is 421 g/mol. The summed E-state index contributed by atoms with van der Waals surface area (Å²) in [7, 11) is 0. The molecule has 2 heterocycles. The van der Waals surface area contributed by atoms with Crippen LogP contribution >= 0.6 is 15.9 Å². The van der Waals surface area contributed by atoms with Crippen LogP contribution in [0.5, 0.6) is 0 Å². The van der Waals surface area contributed by atoms with E-state index in [-0.39, 0.29) is 18.3 Å². The Morgan fingerprint density at radius 1 is 1.38 bits per heavy atom. The lowest BCUT2D eigenvalue weighted by molar-refractivity contribution is 0.0231. The molecular weight excluding hydrogens is 401 g/mol. The van der Waals surface area contributed by atoms with Crippen LogP contribution in [-0.4, -0.2) is 23.5 Å². The minimum atomic E-state index is -0.337. The maximum absolute atomic E-state index is 13.1. The smallest absolute Gasteiger partial charge is 0.275 e. The highest BCUT2D eigenvalue weighted by atomic mass is 79.9. The van der Waals surface area contributed by atoms with Crippen molar-refractivity contribution in [3.05, 3.63) is 57.9 Å². The van der Waals surface area contributed by atoms with Crippen molar-refractivity contribution in [3.63, 3.8) is 0 Å². The number of nitrogens with zero attached hydrogens (tertiary/aromatic N) is 2. The minimum Gasteiger partial charge on any atom is -0.354 e. The van der Waals surface area contributed by atoms with E-state index < -0.39 is 0 Å². The lowest BCUT2D eigenvalue weighted by atomic mass is 10.0. The molecule has 0 aliphatic carbocycles. The number of hydrogen-bond donors (Lipinski definition) is 1. The number of nitrogens with one attached hydrogen (secondary N) is 1. The standard InChI is InChI=1S/C19H21BrFN3O2/c1-13-4-2-3-9-24(13)18-10-14(7-8-22-18)19(25)23-26-12-15-5-6-16(21)11-17(15)20/h5-8,10-11,13H,2-4,9,12H2,1H3,(H,23,25)/t13-/m1/s1. The largest absolute Gasteiger partial charge is 0.354 e. The molecule has 26 heavy (non-hydrogen) atoms. The third-order valence-electron chi connectivity index (χ3n) is 4.51. The van der Waals surface area contributed by atoms with Gasteiger partial charge in [-0.1, -0.05) is 22.0 Å². The average molecular weight is 422 g/mol. The van der Waals surface area contributed by atoms with Gasteiger partial charge in [0.15, 0.2) is 0 Å². The topological polar surface area (TPSA) is 54.5 Å². The van der Waals surface area contributed by atoms with Crippen molar-refractivity contribution in [2.45, 2.75) is 38.8 Å². The van der Waals surface area contributed by atoms with Crippen LogP contribution in [0.3, 0.4) is 0 Å². The molecule has 1 amide bonds. The van der Waals surface area contributed by atoms with Gasteiger partial charge in [0.05, 0.1) is 0 Å². The fourth-order valence-corrected chi connectivity index (χ4v) is 3.50. The number of benzene rings is 1. The Balaban J connectivity index is 1.60. The SMILES string of the molecule is C[C@@H]1CCCCN1c1cc(C(=O)NOCc2ccc(F)cc2Br)ccn1. The maximum atomic E-state index is 13.1. The molecular formula is C19H21BrFN3O2. The first kappa shape index (κ1) is 18.8. The molecule has 1 saturated heterocycles. The number of hydroxylamine groups is 1. The molecule has 1 aliphatic heterocycles. The van der Waals surface area contributed by atoms with Crippen molar-refractivity contribution < 1.29 is 14.0 Å². The summed E-state index contributed by atoms with van der Waals surface area (Å²) in [6.07, 6.45) is 5.14. The molecule has 1 aromatic carbocycles. The van der Waals surface area contributed by atoms with Crippen LogP contribution < -0.4 is 10.4 Å². The van der Waals surface area contributed by atoms with Crippen molar-refractivity contribution in [3.8, 4) is 0 Å². The Kier molecular flexibility index (Phi) is 6.21. The van der Waals surface area contributed by atoms with Gasteiger partial charge in [-0.05, 0) is 56.0 Å². The average Bonchev–Trinajstić information content (AvgIpc) is 2.64. The van der Waals surface area contributed by atoms with Crippen LogP contribution in [0.2, 0.25) is 0 Å². The quantitative estimate of drug-likeness (QED) is 0.734. The van der Waals surface area contributed by atoms with E-state index in [0.29, 0.717) is 16.1 Å². The number of anilines is 1. The summed E-state index contributed by atoms with van der Waals surface area (Å²) in [4.78, 5) is 24.3. The van der Waals surface area contributed by atoms with Gasteiger partial charge in [0, 0.05) is 28.8 Å². The van der Waals surface area contributed by atoms with Crippen molar-refractivity contribution in [2.75, 3.05) is 11.4 Å². The van der Waals surface area contributed by atoms with E-state index in [1.54, 1.807) is 24.4 Å². The minimum absolute atomic E-state index is 0.133. The second kappa shape index (κ2) is 8.60. The Labute approximate surface area is 160 Å². The Morgan fingerprint density at radius 3 is 3.00 bits per heavy atom. The number of carbonyl (C=O) groups excluding carboxylic acids is 1. The van der Waals surface area contributed by atoms with Crippen LogP contribution in [-0.2, 0) is 11.4 Å². The van der Waals surface area contributed by atoms with E-state index in [1.165, 1.54) is 18.6 Å². The molecule has 1 atom stereocenters. The summed E-state index contributed by atoms with van der Waals surface area (Å²) in [5, 5.41) is 0. The van der Waals surface area contributed by atoms with Crippen LogP contribution in [0.1, 0.15) is 42.1 Å². The molecule has 138 valence electrons. The molecule has 0 unspecified atom stereocenters. The van der Waals surface area contributed by atoms with E-state index >= 15 is 0 Å². The molecule has 0 radical (unpaired) electrons. The zero-order chi connectivity index (χ0) is 18.5. The summed E-state index contributed by atoms with van der Waals surface area (Å²) >= 11 is 3.27. The van der Waals surface area contributed by atoms with E-state index in [1.807, 2.05) is 0 Å². The van der Waals surface area contributed by atoms with Crippen LogP contribution in [0.4, 0.5) is 10.2 Å². The zero-order valence-corrected chi connectivity index (χ0v) is 16.1. The number of hydrogen-bond acceptors (Lipinski definition) is 4. The number of aromatic nitrogens is 1. The zero-order valence-electron chi connectivity index (χ0n) is 14.5. The van der Waals surface area contributed by atoms with Gasteiger partial charge in [-0.25, -0.2) is 14.9 Å². The Hall–Kier alpha value is -1.99. The normalized spacial score (nSPS) is 17.2. The van der Waals surface area contributed by atoms with E-state index in [4.69, 9.17) is 4.84 Å². The molecule has 0 spiro atoms. The number of carbonyl (C=O) groups is 1. The number of rotatable bonds is 5. The highest BCUT2D eigenvalue weighted by Gasteiger charge is 2.20. The van der Waals surface area contributed by atoms with E-state index in [9.17, 15) is 9.18 Å². The van der Waals surface area contributed by atoms with Gasteiger partial charge in [0.2, 0.25) is 0 Å². The predicted octanol–water partition coefficient (Wildman–Crippen LogP) is 4.22. The summed E-state index contributed by atoms with van der Waals surface area (Å²) in [5.74, 6) is 0.142. The lowest BCUT2D eigenvalue weighted by Gasteiger charge is -2.34. The molecule has 1 aliphatic rings. The van der Waals surface area contributed by atoms with E-state index in [2.05, 4.69) is 38.2 Å². The van der Waals surface area contributed by atoms with Crippen LogP contribution in [0.25, 0.3) is 0 Å². The fraction of sp³-hybridized carbons (Fsp3) is 0.368. The first-order chi connectivity index (χ1) is 12.5. The third kappa shape index (κ3) is 4.59. The Bertz CT molecular complexity index is 787. The van der Waals surface area contributed by atoms with Gasteiger partial charge in [-0.15, -0.1) is 0 Å². The van der Waals surface area contributed by atoms with Gasteiger partial charge < -0.3 is 4.90 Å². The van der Waals surface area contributed by atoms with Gasteiger partial charge in [-0.2, -0.15) is 0 Å². The molecule has 1 aromatic heterocycles. The Morgan fingerprint density at radius 2 is 2.23 bits per heavy atom. The van der Waals surface area contributed by atoms with Crippen LogP contribution in [0, 0.1) is 5.82 Å². The maximum Gasteiger partial charge on any atom is 0.275 e. The summed E-state index contributed by atoms with van der Waals surface area (Å²) in [6.45, 7) is 3.26. The molecule has 1 N–H and O–H groups in total. The first-order valence-corrected chi connectivity index (χ1v) is 9.42. The van der Waals surface area contributed by atoms with Crippen molar-refractivity contribution in [2.24, 2.45) is 0 Å². The predicted molar refractivity (Wildman–Crippen MR) is 101 cm³/mol. The van der Waals surface area contributed by atoms with Gasteiger partial charge >= 0.3 is 0 Å². The lowest BCUT2D eigenvalue weighted by Crippen LogP contribution is -2.38. The first-order valence-electron chi connectivity index (χ1n) is 8.63. The highest BCUT2D eigenvalue weighted by molar-refractivity contribution is 9.10. The van der Waals surface area contributed by atoms with Gasteiger partial charge in [-0.3, -0.25) is 9.63 Å². The molecule has 3 rings (SSSR count). The molecule has 0 saturated carbocycles. The highest BCUT2D eigenvalue weighted by Crippen LogP contribution is 2.23. The summed E-state index contributed by atoms with van der Waals surface area (Å²) in [5.41, 5.74) is 3.66. The van der Waals surface area contributed by atoms with Crippen molar-refractivity contribution in [1.82, 2.24) is 10.5 Å². The number of pyridine rings is 1. The second-order valence-electron chi connectivity index (χ2n) is 6.40. The molecule has 1 fully saturated rings. The summed E-state index contributed by atoms with van der Waals surface area (Å²) < 4.78 is 13.7. The van der Waals surface area contributed by atoms with E-state index in [0.717, 1.165) is 30.8 Å². The van der Waals surface area contributed by atoms with Gasteiger partial charge in [0.25, 0.3) is 5.91 Å². The number of piperidine rings is 1. The molecule has 7 heteroatoms. The third-order valence-corrected chi connectivity index (χ3v) is 5.25. The second-order valence-corrected chi connectivity index (χ2v) is 7.25. The summed E-state index contributed by atoms with van der Waals surface area (Å²) in [6, 6.07) is 8.17. The van der Waals surface area contributed by atoms with Crippen molar-refractivity contribution in [1.29, 1.82) is 0 Å². The molecule has 2 aromatic rings. The molecule has 5 nitrogen and oxygen atoms in total. The fourth-order valence-electron chi connectivity index (χ4n) is 3.03.